The van der Waals surface area contributed by atoms with Gasteiger partial charge in [-0.2, -0.15) is 0 Å². The monoisotopic (exact) mass is 652 g/mol. The van der Waals surface area contributed by atoms with E-state index < -0.39 is 0 Å². The molecule has 5 heteroatoms. The molecule has 0 amide bonds. The van der Waals surface area contributed by atoms with Crippen LogP contribution in [0.5, 0.6) is 0 Å². The van der Waals surface area contributed by atoms with Crippen molar-refractivity contribution < 1.29 is 4.42 Å². The van der Waals surface area contributed by atoms with Crippen LogP contribution in [0, 0.1) is 0 Å². The molecule has 0 aliphatic rings. The summed E-state index contributed by atoms with van der Waals surface area (Å²) in [5, 5.41) is 5.75. The van der Waals surface area contributed by atoms with E-state index >= 15 is 0 Å². The number of aromatic nitrogens is 4. The van der Waals surface area contributed by atoms with Crippen molar-refractivity contribution in [3.63, 3.8) is 0 Å². The van der Waals surface area contributed by atoms with Gasteiger partial charge in [0.05, 0.1) is 28.3 Å². The fourth-order valence-corrected chi connectivity index (χ4v) is 7.84. The maximum Gasteiger partial charge on any atom is 0.235 e. The van der Waals surface area contributed by atoms with Crippen LogP contribution in [-0.2, 0) is 0 Å². The van der Waals surface area contributed by atoms with Gasteiger partial charge >= 0.3 is 0 Å². The third-order valence-corrected chi connectivity index (χ3v) is 10.2. The molecule has 4 aromatic heterocycles. The van der Waals surface area contributed by atoms with Gasteiger partial charge in [-0.25, -0.2) is 9.97 Å². The first kappa shape index (κ1) is 27.9. The Balaban J connectivity index is 1.08. The van der Waals surface area contributed by atoms with Crippen LogP contribution in [0.1, 0.15) is 0 Å². The van der Waals surface area contributed by atoms with Crippen molar-refractivity contribution in [2.24, 2.45) is 0 Å². The second-order valence-corrected chi connectivity index (χ2v) is 13.1. The van der Waals surface area contributed by atoms with Gasteiger partial charge in [0.2, 0.25) is 5.95 Å². The van der Waals surface area contributed by atoms with Gasteiger partial charge in [0.15, 0.2) is 5.58 Å². The number of hydrogen-bond acceptors (Lipinski definition) is 3. The van der Waals surface area contributed by atoms with Crippen LogP contribution in [0.25, 0.3) is 99.6 Å². The number of fused-ring (bicyclic) bond motifs is 9. The fraction of sp³-hybridized carbons (Fsp3) is 0. The largest absolute Gasteiger partial charge is 0.453 e. The molecule has 51 heavy (non-hydrogen) atoms. The quantitative estimate of drug-likeness (QED) is 0.190. The van der Waals surface area contributed by atoms with Crippen molar-refractivity contribution >= 4 is 65.7 Å². The molecule has 0 aliphatic heterocycles. The Hall–Kier alpha value is -6.98. The minimum atomic E-state index is 0.620. The minimum absolute atomic E-state index is 0.620. The highest BCUT2D eigenvalue weighted by Gasteiger charge is 2.18. The lowest BCUT2D eigenvalue weighted by Gasteiger charge is -2.10. The lowest BCUT2D eigenvalue weighted by molar-refractivity contribution is 0.665. The van der Waals surface area contributed by atoms with E-state index in [2.05, 4.69) is 155 Å². The molecule has 0 atom stereocenters. The average Bonchev–Trinajstić information content (AvgIpc) is 3.85. The molecule has 238 valence electrons. The summed E-state index contributed by atoms with van der Waals surface area (Å²) in [7, 11) is 0. The third kappa shape index (κ3) is 4.22. The predicted octanol–water partition coefficient (Wildman–Crippen LogP) is 11.9. The Bertz CT molecular complexity index is 3130. The molecule has 0 unspecified atom stereocenters. The summed E-state index contributed by atoms with van der Waals surface area (Å²) in [6, 6.07) is 58.2. The second kappa shape index (κ2) is 10.8. The van der Waals surface area contributed by atoms with Crippen LogP contribution < -0.4 is 0 Å². The fourth-order valence-electron chi connectivity index (χ4n) is 7.84. The highest BCUT2D eigenvalue weighted by atomic mass is 16.3. The highest BCUT2D eigenvalue weighted by molar-refractivity contribution is 6.12. The molecule has 7 aromatic carbocycles. The predicted molar refractivity (Wildman–Crippen MR) is 209 cm³/mol. The molecule has 0 saturated heterocycles. The molecule has 0 fully saturated rings. The summed E-state index contributed by atoms with van der Waals surface area (Å²) >= 11 is 0. The maximum atomic E-state index is 6.06. The number of rotatable bonds is 4. The standard InChI is InChI=1S/C46H28N4O/c1-2-10-29(11-3-1)30-18-22-33(23-19-30)49-39-15-7-5-13-35(39)38-26-31(21-25-41(38)49)32-20-24-36-34-12-4-8-16-40(34)50(42(36)27-32)46-47-28-44-45(48-46)37-14-6-9-17-43(37)51-44/h1-28H. The Morgan fingerprint density at radius 3 is 1.80 bits per heavy atom. The van der Waals surface area contributed by atoms with Gasteiger partial charge < -0.3 is 8.98 Å². The van der Waals surface area contributed by atoms with Crippen LogP contribution >= 0.6 is 0 Å². The minimum Gasteiger partial charge on any atom is -0.453 e. The number of nitrogens with zero attached hydrogens (tertiary/aromatic N) is 4. The average molecular weight is 653 g/mol. The number of benzene rings is 7. The van der Waals surface area contributed by atoms with Gasteiger partial charge in [0.25, 0.3) is 0 Å². The number of para-hydroxylation sites is 3. The van der Waals surface area contributed by atoms with Crippen LogP contribution in [0.3, 0.4) is 0 Å². The Labute approximate surface area is 292 Å². The van der Waals surface area contributed by atoms with Crippen LogP contribution in [-0.4, -0.2) is 19.1 Å². The summed E-state index contributed by atoms with van der Waals surface area (Å²) in [4.78, 5) is 9.92. The molecule has 11 aromatic rings. The maximum absolute atomic E-state index is 6.06. The summed E-state index contributed by atoms with van der Waals surface area (Å²) in [5.74, 6) is 0.620. The van der Waals surface area contributed by atoms with Crippen molar-refractivity contribution in [1.29, 1.82) is 0 Å². The molecule has 4 heterocycles. The lowest BCUT2D eigenvalue weighted by atomic mass is 10.0. The summed E-state index contributed by atoms with van der Waals surface area (Å²) in [6.45, 7) is 0. The molecule has 0 spiro atoms. The van der Waals surface area contributed by atoms with Gasteiger partial charge in [-0.1, -0.05) is 109 Å². The molecule has 0 aliphatic carbocycles. The molecule has 0 bridgehead atoms. The zero-order chi connectivity index (χ0) is 33.5. The lowest BCUT2D eigenvalue weighted by Crippen LogP contribution is -2.00. The smallest absolute Gasteiger partial charge is 0.235 e. The van der Waals surface area contributed by atoms with Gasteiger partial charge in [-0.15, -0.1) is 0 Å². The van der Waals surface area contributed by atoms with E-state index in [4.69, 9.17) is 14.4 Å². The molecule has 11 rings (SSSR count). The topological polar surface area (TPSA) is 48.8 Å². The van der Waals surface area contributed by atoms with Crippen LogP contribution in [0.2, 0.25) is 0 Å². The van der Waals surface area contributed by atoms with Gasteiger partial charge in [0, 0.05) is 32.6 Å². The number of furan rings is 1. The summed E-state index contributed by atoms with van der Waals surface area (Å²) in [6.07, 6.45) is 1.79. The van der Waals surface area contributed by atoms with E-state index in [-0.39, 0.29) is 0 Å². The molecule has 0 N–H and O–H groups in total. The second-order valence-electron chi connectivity index (χ2n) is 13.1. The molecular weight excluding hydrogens is 625 g/mol. The molecular formula is C46H28N4O. The van der Waals surface area contributed by atoms with E-state index in [1.807, 2.05) is 18.2 Å². The van der Waals surface area contributed by atoms with Crippen molar-refractivity contribution in [2.45, 2.75) is 0 Å². The zero-order valence-electron chi connectivity index (χ0n) is 27.4. The Morgan fingerprint density at radius 1 is 0.392 bits per heavy atom. The first-order valence-electron chi connectivity index (χ1n) is 17.2. The highest BCUT2D eigenvalue weighted by Crippen LogP contribution is 2.38. The first-order chi connectivity index (χ1) is 25.3. The Morgan fingerprint density at radius 2 is 0.980 bits per heavy atom. The summed E-state index contributed by atoms with van der Waals surface area (Å²) in [5.41, 5.74) is 12.6. The normalized spacial score (nSPS) is 11.9. The zero-order valence-corrected chi connectivity index (χ0v) is 27.4. The van der Waals surface area contributed by atoms with Gasteiger partial charge in [0.1, 0.15) is 11.1 Å². The molecule has 0 radical (unpaired) electrons. The van der Waals surface area contributed by atoms with E-state index in [9.17, 15) is 0 Å². The van der Waals surface area contributed by atoms with E-state index in [0.717, 1.165) is 55.1 Å². The van der Waals surface area contributed by atoms with Gasteiger partial charge in [-0.05, 0) is 76.9 Å². The van der Waals surface area contributed by atoms with Crippen molar-refractivity contribution in [3.05, 3.63) is 170 Å². The molecule has 0 saturated carbocycles. The SMILES string of the molecule is c1ccc(-c2ccc(-n3c4ccccc4c4cc(-c5ccc6c7ccccc7n(-c7ncc8oc9ccccc9c8n7)c6c5)ccc43)cc2)cc1. The van der Waals surface area contributed by atoms with E-state index in [1.54, 1.807) is 6.20 Å². The van der Waals surface area contributed by atoms with E-state index in [1.165, 1.54) is 32.9 Å². The van der Waals surface area contributed by atoms with Gasteiger partial charge in [-0.3, -0.25) is 4.57 Å². The number of hydrogen-bond donors (Lipinski definition) is 0. The van der Waals surface area contributed by atoms with Crippen molar-refractivity contribution in [2.75, 3.05) is 0 Å². The van der Waals surface area contributed by atoms with Crippen molar-refractivity contribution in [3.8, 4) is 33.9 Å². The van der Waals surface area contributed by atoms with Crippen LogP contribution in [0.15, 0.2) is 174 Å². The third-order valence-electron chi connectivity index (χ3n) is 10.2. The first-order valence-corrected chi connectivity index (χ1v) is 17.2. The molecule has 5 nitrogen and oxygen atoms in total. The van der Waals surface area contributed by atoms with Crippen molar-refractivity contribution in [1.82, 2.24) is 19.1 Å². The Kier molecular flexibility index (Phi) is 5.89. The van der Waals surface area contributed by atoms with E-state index in [0.29, 0.717) is 11.5 Å². The summed E-state index contributed by atoms with van der Waals surface area (Å²) < 4.78 is 10.6. The van der Waals surface area contributed by atoms with Crippen LogP contribution in [0.4, 0.5) is 0 Å².